The van der Waals surface area contributed by atoms with E-state index in [9.17, 15) is 5.11 Å². The van der Waals surface area contributed by atoms with Crippen LogP contribution in [0, 0.1) is 5.92 Å². The van der Waals surface area contributed by atoms with Crippen LogP contribution in [0.2, 0.25) is 5.02 Å². The zero-order valence-corrected chi connectivity index (χ0v) is 18.0. The highest BCUT2D eigenvalue weighted by atomic mass is 35.5. The second-order valence-corrected chi connectivity index (χ2v) is 7.88. The van der Waals surface area contributed by atoms with Gasteiger partial charge in [0.05, 0.1) is 17.2 Å². The smallest absolute Gasteiger partial charge is 0.157 e. The lowest BCUT2D eigenvalue weighted by molar-refractivity contribution is -0.300. The number of aliphatic hydroxyl groups excluding tert-OH is 1. The molecular weight excluding hydrogens is 409 g/mol. The summed E-state index contributed by atoms with van der Waals surface area (Å²) in [6.07, 6.45) is 3.32. The fraction of sp³-hybridized carbons (Fsp3) is 0.579. The third kappa shape index (κ3) is 4.40. The first kappa shape index (κ1) is 22.8. The minimum Gasteiger partial charge on any atom is -0.372 e. The number of hydroxylamine groups is 2. The Morgan fingerprint density at radius 1 is 1.22 bits per heavy atom. The summed E-state index contributed by atoms with van der Waals surface area (Å²) in [6.45, 7) is 7.25. The van der Waals surface area contributed by atoms with Crippen LogP contribution in [0.4, 0.5) is 0 Å². The van der Waals surface area contributed by atoms with E-state index in [0.717, 1.165) is 30.5 Å². The second kappa shape index (κ2) is 9.31. The molecule has 2 N–H and O–H groups in total. The third-order valence-corrected chi connectivity index (χ3v) is 5.92. The number of nitrogens with one attached hydrogen (secondary N) is 1. The summed E-state index contributed by atoms with van der Waals surface area (Å²) in [4.78, 5) is 11.7. The predicted molar refractivity (Wildman–Crippen MR) is 114 cm³/mol. The van der Waals surface area contributed by atoms with E-state index in [2.05, 4.69) is 9.88 Å². The van der Waals surface area contributed by atoms with E-state index in [4.69, 9.17) is 16.4 Å². The van der Waals surface area contributed by atoms with E-state index in [-0.39, 0.29) is 37.0 Å². The van der Waals surface area contributed by atoms with Gasteiger partial charge in [-0.2, -0.15) is 5.06 Å². The first-order chi connectivity index (χ1) is 12.0. The molecule has 3 aliphatic heterocycles. The summed E-state index contributed by atoms with van der Waals surface area (Å²) in [5, 5.41) is 14.5. The van der Waals surface area contributed by atoms with Crippen molar-refractivity contribution in [2.45, 2.75) is 45.1 Å². The van der Waals surface area contributed by atoms with Gasteiger partial charge in [0, 0.05) is 29.2 Å². The van der Waals surface area contributed by atoms with Gasteiger partial charge in [-0.05, 0) is 57.8 Å². The highest BCUT2D eigenvalue weighted by Crippen LogP contribution is 2.38. The summed E-state index contributed by atoms with van der Waals surface area (Å²) >= 11 is 6.60. The summed E-state index contributed by atoms with van der Waals surface area (Å²) in [5.74, 6) is 0.563. The Kier molecular flexibility index (Phi) is 7.85. The SMILES string of the molecule is CC(C)ON(C(O)c1ccc2[nH]ccc2c1Cl)C1CN2CCC1CC2.Cl.Cl. The Hall–Kier alpha value is -0.530. The molecule has 0 spiro atoms. The summed E-state index contributed by atoms with van der Waals surface area (Å²) in [5.41, 5.74) is 1.67. The first-order valence-corrected chi connectivity index (χ1v) is 9.53. The van der Waals surface area contributed by atoms with Gasteiger partial charge in [-0.25, -0.2) is 0 Å². The molecule has 2 bridgehead atoms. The molecule has 2 aromatic rings. The van der Waals surface area contributed by atoms with Crippen LogP contribution in [0.1, 0.15) is 38.5 Å². The molecule has 3 fully saturated rings. The molecule has 27 heavy (non-hydrogen) atoms. The molecule has 5 rings (SSSR count). The second-order valence-electron chi connectivity index (χ2n) is 7.50. The number of H-pyrrole nitrogens is 1. The average Bonchev–Trinajstić information content (AvgIpc) is 3.10. The van der Waals surface area contributed by atoms with Crippen LogP contribution in [-0.2, 0) is 4.84 Å². The van der Waals surface area contributed by atoms with Crippen molar-refractivity contribution in [1.29, 1.82) is 0 Å². The van der Waals surface area contributed by atoms with E-state index in [1.165, 1.54) is 12.8 Å². The molecule has 8 heteroatoms. The molecule has 1 aromatic heterocycles. The molecule has 0 aliphatic carbocycles. The topological polar surface area (TPSA) is 51.7 Å². The summed E-state index contributed by atoms with van der Waals surface area (Å²) in [6, 6.07) is 5.99. The van der Waals surface area contributed by atoms with Crippen molar-refractivity contribution in [2.24, 2.45) is 5.92 Å². The molecule has 0 amide bonds. The number of fused-ring (bicyclic) bond motifs is 4. The van der Waals surface area contributed by atoms with Crippen LogP contribution in [0.3, 0.4) is 0 Å². The lowest BCUT2D eigenvalue weighted by atomic mass is 9.83. The largest absolute Gasteiger partial charge is 0.372 e. The van der Waals surface area contributed by atoms with Gasteiger partial charge in [0.15, 0.2) is 6.23 Å². The molecule has 152 valence electrons. The zero-order valence-electron chi connectivity index (χ0n) is 15.6. The Labute approximate surface area is 177 Å². The van der Waals surface area contributed by atoms with Crippen LogP contribution in [0.15, 0.2) is 24.4 Å². The number of piperidine rings is 3. The number of halogens is 3. The van der Waals surface area contributed by atoms with Crippen molar-refractivity contribution in [2.75, 3.05) is 19.6 Å². The van der Waals surface area contributed by atoms with Gasteiger partial charge >= 0.3 is 0 Å². The molecular formula is C19H28Cl3N3O2. The van der Waals surface area contributed by atoms with Crippen molar-refractivity contribution in [3.05, 3.63) is 35.0 Å². The number of aromatic nitrogens is 1. The minimum absolute atomic E-state index is 0. The van der Waals surface area contributed by atoms with E-state index in [0.29, 0.717) is 16.5 Å². The molecule has 4 heterocycles. The number of hydrogen-bond donors (Lipinski definition) is 2. The van der Waals surface area contributed by atoms with Crippen molar-refractivity contribution >= 4 is 47.3 Å². The quantitative estimate of drug-likeness (QED) is 0.539. The van der Waals surface area contributed by atoms with Gasteiger partial charge in [-0.15, -0.1) is 24.8 Å². The van der Waals surface area contributed by atoms with E-state index in [1.807, 2.05) is 38.2 Å². The fourth-order valence-corrected chi connectivity index (χ4v) is 4.56. The number of aliphatic hydroxyl groups is 1. The Morgan fingerprint density at radius 3 is 2.52 bits per heavy atom. The molecule has 2 unspecified atom stereocenters. The lowest BCUT2D eigenvalue weighted by Gasteiger charge is -2.49. The Balaban J connectivity index is 0.00000131. The summed E-state index contributed by atoms with van der Waals surface area (Å²) < 4.78 is 0. The van der Waals surface area contributed by atoms with Gasteiger partial charge in [0.1, 0.15) is 0 Å². The van der Waals surface area contributed by atoms with E-state index < -0.39 is 6.23 Å². The molecule has 0 radical (unpaired) electrons. The molecule has 3 saturated heterocycles. The predicted octanol–water partition coefficient (Wildman–Crippen LogP) is 4.39. The number of nitrogens with zero attached hydrogens (tertiary/aromatic N) is 2. The van der Waals surface area contributed by atoms with Gasteiger partial charge in [0.25, 0.3) is 0 Å². The minimum atomic E-state index is -0.875. The normalized spacial score (nSPS) is 25.5. The Morgan fingerprint density at radius 2 is 1.93 bits per heavy atom. The van der Waals surface area contributed by atoms with E-state index >= 15 is 0 Å². The molecule has 0 saturated carbocycles. The molecule has 2 atom stereocenters. The molecule has 1 aromatic carbocycles. The Bertz CT molecular complexity index is 747. The average molecular weight is 437 g/mol. The van der Waals surface area contributed by atoms with Gasteiger partial charge in [0.2, 0.25) is 0 Å². The number of benzene rings is 1. The molecule has 3 aliphatic rings. The standard InChI is InChI=1S/C19H26ClN3O2.2ClH/c1-12(2)25-23(17-11-22-9-6-13(17)7-10-22)19(24)15-3-4-16-14(18(15)20)5-8-21-16;;/h3-5,8,12-13,17,19,21,24H,6-7,9-11H2,1-2H3;2*1H. The highest BCUT2D eigenvalue weighted by Gasteiger charge is 2.41. The van der Waals surface area contributed by atoms with Gasteiger partial charge in [-0.3, -0.25) is 4.84 Å². The fourth-order valence-electron chi connectivity index (χ4n) is 4.23. The van der Waals surface area contributed by atoms with E-state index in [1.54, 1.807) is 5.06 Å². The maximum atomic E-state index is 11.2. The van der Waals surface area contributed by atoms with Crippen LogP contribution < -0.4 is 0 Å². The van der Waals surface area contributed by atoms with Crippen molar-refractivity contribution < 1.29 is 9.94 Å². The van der Waals surface area contributed by atoms with Crippen LogP contribution in [0.5, 0.6) is 0 Å². The monoisotopic (exact) mass is 435 g/mol. The number of aromatic amines is 1. The third-order valence-electron chi connectivity index (χ3n) is 5.50. The maximum Gasteiger partial charge on any atom is 0.157 e. The molecule has 5 nitrogen and oxygen atoms in total. The van der Waals surface area contributed by atoms with Crippen molar-refractivity contribution in [1.82, 2.24) is 14.9 Å². The van der Waals surface area contributed by atoms with Crippen molar-refractivity contribution in [3.63, 3.8) is 0 Å². The zero-order chi connectivity index (χ0) is 17.6. The van der Waals surface area contributed by atoms with Crippen LogP contribution >= 0.6 is 36.4 Å². The van der Waals surface area contributed by atoms with Gasteiger partial charge in [-0.1, -0.05) is 17.7 Å². The number of rotatable bonds is 5. The van der Waals surface area contributed by atoms with Crippen LogP contribution in [0.25, 0.3) is 10.9 Å². The van der Waals surface area contributed by atoms with Crippen LogP contribution in [-0.4, -0.2) is 51.8 Å². The maximum absolute atomic E-state index is 11.2. The number of hydrogen-bond acceptors (Lipinski definition) is 4. The first-order valence-electron chi connectivity index (χ1n) is 9.15. The summed E-state index contributed by atoms with van der Waals surface area (Å²) in [7, 11) is 0. The lowest BCUT2D eigenvalue weighted by Crippen LogP contribution is -2.58. The van der Waals surface area contributed by atoms with Crippen molar-refractivity contribution in [3.8, 4) is 0 Å². The highest BCUT2D eigenvalue weighted by molar-refractivity contribution is 6.36. The van der Waals surface area contributed by atoms with Gasteiger partial charge < -0.3 is 15.0 Å².